The molecule has 1 saturated heterocycles. The molecular weight excluding hydrogens is 1010 g/mol. The van der Waals surface area contributed by atoms with Gasteiger partial charge in [0, 0.05) is 19.0 Å². The van der Waals surface area contributed by atoms with Crippen LogP contribution in [0.15, 0.2) is 65.7 Å². The summed E-state index contributed by atoms with van der Waals surface area (Å²) in [6.07, 6.45) is 35.2. The zero-order valence-corrected chi connectivity index (χ0v) is 46.9. The first-order valence-corrected chi connectivity index (χ1v) is 30.6. The number of hydrogen-bond acceptors (Lipinski definition) is 16. The minimum atomic E-state index is -5.44. The third-order valence-corrected chi connectivity index (χ3v) is 15.1. The maximum absolute atomic E-state index is 12.9. The van der Waals surface area contributed by atoms with Crippen LogP contribution in [-0.2, 0) is 46.3 Å². The zero-order valence-electron chi connectivity index (χ0n) is 45.1. The molecular formula is C54H93N3O16P2. The normalized spacial score (nSPS) is 19.6. The molecule has 0 spiro atoms. The molecule has 21 heteroatoms. The number of carbonyl (C=O) groups is 2. The first kappa shape index (κ1) is 67.8. The number of aliphatic hydroxyl groups is 3. The summed E-state index contributed by atoms with van der Waals surface area (Å²) in [5, 5.41) is 30.9. The number of nitrogen functional groups attached to an aromatic ring is 1. The van der Waals surface area contributed by atoms with Gasteiger partial charge >= 0.3 is 33.3 Å². The topological polar surface area (TPSA) is 286 Å². The molecule has 8 atom stereocenters. The summed E-state index contributed by atoms with van der Waals surface area (Å²) >= 11 is 0. The van der Waals surface area contributed by atoms with Crippen molar-refractivity contribution in [2.45, 2.75) is 231 Å². The van der Waals surface area contributed by atoms with Crippen molar-refractivity contribution in [3.05, 3.63) is 71.4 Å². The molecule has 0 amide bonds. The summed E-state index contributed by atoms with van der Waals surface area (Å²) in [4.78, 5) is 62.0. The Morgan fingerprint density at radius 1 is 0.733 bits per heavy atom. The fourth-order valence-electron chi connectivity index (χ4n) is 8.13. The predicted molar refractivity (Wildman–Crippen MR) is 290 cm³/mol. The van der Waals surface area contributed by atoms with E-state index in [1.165, 1.54) is 83.1 Å². The largest absolute Gasteiger partial charge is 0.481 e. The molecule has 75 heavy (non-hydrogen) atoms. The molecule has 1 aromatic rings. The van der Waals surface area contributed by atoms with Gasteiger partial charge in [0.15, 0.2) is 12.3 Å². The van der Waals surface area contributed by atoms with Crippen LogP contribution >= 0.6 is 15.6 Å². The highest BCUT2D eigenvalue weighted by molar-refractivity contribution is 7.61. The number of aromatic nitrogens is 2. The number of nitrogens with two attached hydrogens (primary N) is 1. The third kappa shape index (κ3) is 34.2. The lowest BCUT2D eigenvalue weighted by Gasteiger charge is -2.21. The standard InChI is InChI=1S/C54H93N3O16P2/c1-4-5-29-35-45(58)36-31-26-22-18-14-12-16-19-23-27-32-37-49(59)68-41-46(71-50(60)38-33-28-24-20-15-11-9-7-6-8-10-13-17-21-25-30-34-44(2)3)42-69-74(64,65)73-75(66,67)70-43-47-51(61)52(62)53(72-47)57-40-39-48(55)56-54(57)63/h12,14,19,22-23,26,31,36,39-40,44-47,51-53,58,61-62H,4-11,13,15-18,20-21,24-25,27-30,32-35,37-38,41-43H2,1-3H3,(H,64,65)(H,66,67)(H2,55,56,63)/b14-12-,23-19-,26-22-,36-31+/t45-,46-,47-,51-,52-,53-/m1/s1. The fraction of sp³-hybridized carbons (Fsp3) is 0.741. The molecule has 0 aromatic carbocycles. The Morgan fingerprint density at radius 2 is 1.29 bits per heavy atom. The van der Waals surface area contributed by atoms with Gasteiger partial charge in [0.1, 0.15) is 30.7 Å². The SMILES string of the molecule is CCCCC[C@@H](O)/C=C/C=C\C/C=C\C/C=C\CCCC(=O)OC[C@H](COP(=O)(O)OP(=O)(O)OC[C@H]1O[C@@H](n2ccc(N)nc2=O)[C@H](O)[C@@H]1O)OC(=O)CCCCCCCCCCCCCCCCCCC(C)C. The van der Waals surface area contributed by atoms with E-state index >= 15 is 0 Å². The summed E-state index contributed by atoms with van der Waals surface area (Å²) in [6.45, 7) is 4.33. The van der Waals surface area contributed by atoms with Crippen molar-refractivity contribution in [1.82, 2.24) is 9.55 Å². The average Bonchev–Trinajstić information content (AvgIpc) is 3.63. The van der Waals surface area contributed by atoms with Gasteiger partial charge in [0.25, 0.3) is 0 Å². The molecule has 1 aliphatic rings. The Hall–Kier alpha value is -3.32. The average molecular weight is 1100 g/mol. The Labute approximate surface area is 446 Å². The van der Waals surface area contributed by atoms with E-state index in [4.69, 9.17) is 29.0 Å². The molecule has 0 radical (unpaired) electrons. The number of rotatable bonds is 45. The summed E-state index contributed by atoms with van der Waals surface area (Å²) in [5.74, 6) is -0.585. The minimum Gasteiger partial charge on any atom is -0.462 e. The molecule has 0 aliphatic carbocycles. The number of hydrogen-bond donors (Lipinski definition) is 6. The number of phosphoric ester groups is 2. The summed E-state index contributed by atoms with van der Waals surface area (Å²) in [5.41, 5.74) is 4.59. The third-order valence-electron chi connectivity index (χ3n) is 12.4. The number of ether oxygens (including phenoxy) is 3. The second kappa shape index (κ2) is 40.8. The molecule has 1 fully saturated rings. The lowest BCUT2D eigenvalue weighted by molar-refractivity contribution is -0.161. The Morgan fingerprint density at radius 3 is 1.91 bits per heavy atom. The first-order valence-electron chi connectivity index (χ1n) is 27.6. The number of unbranched alkanes of at least 4 members (excludes halogenated alkanes) is 18. The van der Waals surface area contributed by atoms with Crippen LogP contribution in [0.3, 0.4) is 0 Å². The van der Waals surface area contributed by atoms with Crippen molar-refractivity contribution in [2.75, 3.05) is 25.6 Å². The Bertz CT molecular complexity index is 1980. The molecule has 19 nitrogen and oxygen atoms in total. The van der Waals surface area contributed by atoms with Crippen LogP contribution in [0, 0.1) is 5.92 Å². The maximum Gasteiger partial charge on any atom is 0.481 e. The Balaban J connectivity index is 1.80. The second-order valence-corrected chi connectivity index (χ2v) is 22.8. The molecule has 2 heterocycles. The summed E-state index contributed by atoms with van der Waals surface area (Å²) < 4.78 is 56.8. The number of aliphatic hydroxyl groups excluding tert-OH is 3. The van der Waals surface area contributed by atoms with E-state index < -0.39 is 89.8 Å². The molecule has 1 aliphatic heterocycles. The van der Waals surface area contributed by atoms with E-state index in [1.54, 1.807) is 6.08 Å². The number of allylic oxidation sites excluding steroid dienone is 7. The fourth-order valence-corrected chi connectivity index (χ4v) is 10.2. The molecule has 0 saturated carbocycles. The van der Waals surface area contributed by atoms with Crippen LogP contribution in [-0.4, -0.2) is 96.9 Å². The van der Waals surface area contributed by atoms with Gasteiger partial charge in [-0.15, -0.1) is 0 Å². The highest BCUT2D eigenvalue weighted by Crippen LogP contribution is 2.60. The summed E-state index contributed by atoms with van der Waals surface area (Å²) in [6, 6.07) is 1.24. The van der Waals surface area contributed by atoms with Gasteiger partial charge in [-0.25, -0.2) is 13.9 Å². The molecule has 430 valence electrons. The molecule has 7 N–H and O–H groups in total. The highest BCUT2D eigenvalue weighted by atomic mass is 31.3. The number of carbonyl (C=O) groups excluding carboxylic acids is 2. The van der Waals surface area contributed by atoms with Crippen molar-refractivity contribution in [3.8, 4) is 0 Å². The zero-order chi connectivity index (χ0) is 55.2. The van der Waals surface area contributed by atoms with E-state index in [2.05, 4.69) is 30.1 Å². The second-order valence-electron chi connectivity index (χ2n) is 19.8. The van der Waals surface area contributed by atoms with Crippen molar-refractivity contribution in [2.24, 2.45) is 5.92 Å². The van der Waals surface area contributed by atoms with Gasteiger partial charge < -0.3 is 45.1 Å². The van der Waals surface area contributed by atoms with Crippen LogP contribution in [0.25, 0.3) is 0 Å². The van der Waals surface area contributed by atoms with Crippen LogP contribution < -0.4 is 11.4 Å². The lowest BCUT2D eigenvalue weighted by Crippen LogP contribution is -2.36. The minimum absolute atomic E-state index is 0.0311. The number of nitrogens with zero attached hydrogens (tertiary/aromatic N) is 2. The van der Waals surface area contributed by atoms with Gasteiger partial charge in [-0.05, 0) is 50.5 Å². The van der Waals surface area contributed by atoms with Crippen LogP contribution in [0.5, 0.6) is 0 Å². The van der Waals surface area contributed by atoms with Crippen LogP contribution in [0.4, 0.5) is 5.82 Å². The molecule has 0 bridgehead atoms. The first-order chi connectivity index (χ1) is 35.9. The van der Waals surface area contributed by atoms with Crippen molar-refractivity contribution < 1.29 is 71.4 Å². The van der Waals surface area contributed by atoms with Crippen molar-refractivity contribution in [3.63, 3.8) is 0 Å². The van der Waals surface area contributed by atoms with Crippen LogP contribution in [0.2, 0.25) is 0 Å². The quantitative estimate of drug-likeness (QED) is 0.0116. The van der Waals surface area contributed by atoms with Gasteiger partial charge in [-0.3, -0.25) is 23.2 Å². The Kier molecular flexibility index (Phi) is 36.9. The highest BCUT2D eigenvalue weighted by Gasteiger charge is 2.46. The number of anilines is 1. The van der Waals surface area contributed by atoms with E-state index in [-0.39, 0.29) is 18.7 Å². The van der Waals surface area contributed by atoms with E-state index in [9.17, 15) is 48.6 Å². The lowest BCUT2D eigenvalue weighted by atomic mass is 10.0. The van der Waals surface area contributed by atoms with Crippen LogP contribution in [0.1, 0.15) is 200 Å². The summed E-state index contributed by atoms with van der Waals surface area (Å²) in [7, 11) is -10.9. The maximum atomic E-state index is 12.9. The smallest absolute Gasteiger partial charge is 0.462 e. The molecule has 2 rings (SSSR count). The van der Waals surface area contributed by atoms with Gasteiger partial charge in [0.2, 0.25) is 0 Å². The van der Waals surface area contributed by atoms with Crippen molar-refractivity contribution >= 4 is 33.4 Å². The van der Waals surface area contributed by atoms with E-state index in [1.807, 2.05) is 42.5 Å². The molecule has 2 unspecified atom stereocenters. The van der Waals surface area contributed by atoms with E-state index in [0.29, 0.717) is 25.7 Å². The van der Waals surface area contributed by atoms with Gasteiger partial charge in [-0.2, -0.15) is 9.29 Å². The monoisotopic (exact) mass is 1100 g/mol. The van der Waals surface area contributed by atoms with Gasteiger partial charge in [0.05, 0.1) is 19.3 Å². The van der Waals surface area contributed by atoms with E-state index in [0.717, 1.165) is 74.5 Å². The van der Waals surface area contributed by atoms with Crippen molar-refractivity contribution in [1.29, 1.82) is 0 Å². The number of phosphoric acid groups is 2. The number of esters is 2. The molecule has 1 aromatic heterocycles. The predicted octanol–water partition coefficient (Wildman–Crippen LogP) is 10.9. The van der Waals surface area contributed by atoms with Gasteiger partial charge in [-0.1, -0.05) is 191 Å².